The molecule has 1 aromatic heterocycles. The number of nitrogens with zero attached hydrogens (tertiary/aromatic N) is 2. The third-order valence-electron chi connectivity index (χ3n) is 5.10. The van der Waals surface area contributed by atoms with E-state index in [1.165, 1.54) is 0 Å². The number of hydrogen-bond acceptors (Lipinski definition) is 4. The summed E-state index contributed by atoms with van der Waals surface area (Å²) in [5, 5.41) is 3.44. The van der Waals surface area contributed by atoms with Crippen molar-refractivity contribution in [2.75, 3.05) is 13.1 Å². The molecule has 1 aromatic carbocycles. The highest BCUT2D eigenvalue weighted by atomic mass is 16.5. The van der Waals surface area contributed by atoms with Crippen LogP contribution in [0.1, 0.15) is 35.2 Å². The minimum atomic E-state index is 0.128. The number of hydrogen-bond donors (Lipinski definition) is 1. The zero-order valence-corrected chi connectivity index (χ0v) is 14.2. The molecule has 0 aliphatic carbocycles. The van der Waals surface area contributed by atoms with Crippen molar-refractivity contribution >= 4 is 5.91 Å². The lowest BCUT2D eigenvalue weighted by Gasteiger charge is -2.28. The lowest BCUT2D eigenvalue weighted by molar-refractivity contribution is 0.0680. The van der Waals surface area contributed by atoms with Crippen LogP contribution in [-0.2, 0) is 6.61 Å². The fraction of sp³-hybridized carbons (Fsp3) is 0.400. The van der Waals surface area contributed by atoms with Gasteiger partial charge in [-0.15, -0.1) is 0 Å². The molecule has 1 amide bonds. The molecule has 0 spiro atoms. The van der Waals surface area contributed by atoms with E-state index in [1.54, 1.807) is 12.4 Å². The van der Waals surface area contributed by atoms with Crippen molar-refractivity contribution in [1.29, 1.82) is 0 Å². The van der Waals surface area contributed by atoms with Crippen molar-refractivity contribution in [2.24, 2.45) is 0 Å². The molecule has 5 heteroatoms. The second-order valence-corrected chi connectivity index (χ2v) is 6.77. The molecule has 2 bridgehead atoms. The molecule has 0 saturated carbocycles. The molecule has 25 heavy (non-hydrogen) atoms. The maximum absolute atomic E-state index is 13.1. The average Bonchev–Trinajstić information content (AvgIpc) is 2.93. The maximum Gasteiger partial charge on any atom is 0.254 e. The van der Waals surface area contributed by atoms with Gasteiger partial charge in [0.25, 0.3) is 5.91 Å². The van der Waals surface area contributed by atoms with Crippen molar-refractivity contribution in [3.63, 3.8) is 0 Å². The number of pyridine rings is 1. The third kappa shape index (κ3) is 3.51. The fourth-order valence-electron chi connectivity index (χ4n) is 3.83. The molecule has 4 rings (SSSR count). The van der Waals surface area contributed by atoms with Crippen molar-refractivity contribution in [1.82, 2.24) is 15.2 Å². The van der Waals surface area contributed by atoms with Crippen LogP contribution in [0.5, 0.6) is 5.75 Å². The number of rotatable bonds is 4. The first kappa shape index (κ1) is 16.1. The molecule has 2 aliphatic rings. The average molecular weight is 337 g/mol. The number of fused-ring (bicyclic) bond motifs is 2. The molecule has 2 atom stereocenters. The van der Waals surface area contributed by atoms with E-state index in [0.29, 0.717) is 24.3 Å². The minimum Gasteiger partial charge on any atom is -0.489 e. The highest BCUT2D eigenvalue weighted by Crippen LogP contribution is 2.30. The molecule has 2 aliphatic heterocycles. The van der Waals surface area contributed by atoms with Gasteiger partial charge in [-0.3, -0.25) is 9.78 Å². The van der Waals surface area contributed by atoms with Gasteiger partial charge in [0, 0.05) is 42.1 Å². The second-order valence-electron chi connectivity index (χ2n) is 6.77. The van der Waals surface area contributed by atoms with Gasteiger partial charge < -0.3 is 15.0 Å². The predicted octanol–water partition coefficient (Wildman–Crippen LogP) is 2.63. The summed E-state index contributed by atoms with van der Waals surface area (Å²) in [6.07, 6.45) is 6.79. The number of aromatic nitrogens is 1. The third-order valence-corrected chi connectivity index (χ3v) is 5.10. The smallest absolute Gasteiger partial charge is 0.254 e. The summed E-state index contributed by atoms with van der Waals surface area (Å²) >= 11 is 0. The maximum atomic E-state index is 13.1. The summed E-state index contributed by atoms with van der Waals surface area (Å²) < 4.78 is 5.84. The van der Waals surface area contributed by atoms with E-state index < -0.39 is 0 Å². The minimum absolute atomic E-state index is 0.128. The lowest BCUT2D eigenvalue weighted by atomic mass is 10.1. The van der Waals surface area contributed by atoms with Crippen LogP contribution in [0.15, 0.2) is 48.8 Å². The van der Waals surface area contributed by atoms with E-state index in [1.807, 2.05) is 36.4 Å². The molecule has 3 heterocycles. The molecule has 2 saturated heterocycles. The Morgan fingerprint density at radius 2 is 2.12 bits per heavy atom. The first-order valence-corrected chi connectivity index (χ1v) is 8.96. The van der Waals surface area contributed by atoms with Crippen LogP contribution >= 0.6 is 0 Å². The van der Waals surface area contributed by atoms with Gasteiger partial charge >= 0.3 is 0 Å². The van der Waals surface area contributed by atoms with E-state index in [4.69, 9.17) is 4.74 Å². The quantitative estimate of drug-likeness (QED) is 0.932. The zero-order chi connectivity index (χ0) is 17.1. The molecule has 0 radical (unpaired) electrons. The Balaban J connectivity index is 1.48. The van der Waals surface area contributed by atoms with Crippen molar-refractivity contribution in [3.05, 3.63) is 59.9 Å². The Hall–Kier alpha value is -2.40. The van der Waals surface area contributed by atoms with Crippen LogP contribution in [0.2, 0.25) is 0 Å². The van der Waals surface area contributed by atoms with Crippen LogP contribution in [0.4, 0.5) is 0 Å². The van der Waals surface area contributed by atoms with Crippen molar-refractivity contribution in [2.45, 2.75) is 38.0 Å². The Kier molecular flexibility index (Phi) is 4.65. The van der Waals surface area contributed by atoms with Crippen molar-refractivity contribution < 1.29 is 9.53 Å². The van der Waals surface area contributed by atoms with Crippen LogP contribution in [-0.4, -0.2) is 41.0 Å². The van der Waals surface area contributed by atoms with E-state index in [-0.39, 0.29) is 5.91 Å². The Labute approximate surface area is 148 Å². The SMILES string of the molecule is O=C(c1cccc(OCc2cccnc2)c1)N1C2CCNCC1CC2. The largest absolute Gasteiger partial charge is 0.489 e. The standard InChI is InChI=1S/C20H23N3O2/c24-20(23-17-6-7-18(23)13-22-10-8-17)16-4-1-5-19(11-16)25-14-15-3-2-9-21-12-15/h1-5,9,11-12,17-18,22H,6-8,10,13-14H2. The monoisotopic (exact) mass is 337 g/mol. The summed E-state index contributed by atoms with van der Waals surface area (Å²) in [5.41, 5.74) is 1.72. The van der Waals surface area contributed by atoms with Crippen LogP contribution < -0.4 is 10.1 Å². The van der Waals surface area contributed by atoms with Crippen LogP contribution in [0.3, 0.4) is 0 Å². The normalized spacial score (nSPS) is 22.5. The molecular weight excluding hydrogens is 314 g/mol. The number of ether oxygens (including phenoxy) is 1. The van der Waals surface area contributed by atoms with Gasteiger partial charge in [0.1, 0.15) is 12.4 Å². The van der Waals surface area contributed by atoms with Gasteiger partial charge in [-0.25, -0.2) is 0 Å². The summed E-state index contributed by atoms with van der Waals surface area (Å²) in [7, 11) is 0. The van der Waals surface area contributed by atoms with E-state index in [0.717, 1.165) is 43.7 Å². The second kappa shape index (κ2) is 7.23. The molecular formula is C20H23N3O2. The summed E-state index contributed by atoms with van der Waals surface area (Å²) in [6, 6.07) is 12.1. The molecule has 1 N–H and O–H groups in total. The Morgan fingerprint density at radius 3 is 3.00 bits per heavy atom. The summed E-state index contributed by atoms with van der Waals surface area (Å²) in [6.45, 7) is 2.35. The van der Waals surface area contributed by atoms with Gasteiger partial charge in [0.15, 0.2) is 0 Å². The van der Waals surface area contributed by atoms with Gasteiger partial charge in [0.05, 0.1) is 0 Å². The molecule has 130 valence electrons. The van der Waals surface area contributed by atoms with Gasteiger partial charge in [-0.2, -0.15) is 0 Å². The number of carbonyl (C=O) groups is 1. The van der Waals surface area contributed by atoms with Gasteiger partial charge in [-0.05, 0) is 50.1 Å². The number of benzene rings is 1. The highest BCUT2D eigenvalue weighted by molar-refractivity contribution is 5.95. The van der Waals surface area contributed by atoms with Gasteiger partial charge in [0.2, 0.25) is 0 Å². The van der Waals surface area contributed by atoms with Crippen LogP contribution in [0.25, 0.3) is 0 Å². The first-order valence-electron chi connectivity index (χ1n) is 8.96. The highest BCUT2D eigenvalue weighted by Gasteiger charge is 2.38. The summed E-state index contributed by atoms with van der Waals surface area (Å²) in [5.74, 6) is 0.845. The lowest BCUT2D eigenvalue weighted by Crippen LogP contribution is -2.42. The first-order chi connectivity index (χ1) is 12.3. The van der Waals surface area contributed by atoms with E-state index in [2.05, 4.69) is 15.2 Å². The zero-order valence-electron chi connectivity index (χ0n) is 14.2. The topological polar surface area (TPSA) is 54.5 Å². The van der Waals surface area contributed by atoms with Crippen LogP contribution in [0, 0.1) is 0 Å². The number of nitrogens with one attached hydrogen (secondary N) is 1. The molecule has 2 unspecified atom stereocenters. The predicted molar refractivity (Wildman–Crippen MR) is 95.5 cm³/mol. The molecule has 2 fully saturated rings. The van der Waals surface area contributed by atoms with Gasteiger partial charge in [-0.1, -0.05) is 12.1 Å². The number of amides is 1. The van der Waals surface area contributed by atoms with E-state index >= 15 is 0 Å². The van der Waals surface area contributed by atoms with Crippen molar-refractivity contribution in [3.8, 4) is 5.75 Å². The number of carbonyl (C=O) groups excluding carboxylic acids is 1. The molecule has 2 aromatic rings. The Morgan fingerprint density at radius 1 is 1.20 bits per heavy atom. The van der Waals surface area contributed by atoms with E-state index in [9.17, 15) is 4.79 Å². The Bertz CT molecular complexity index is 721. The summed E-state index contributed by atoms with van der Waals surface area (Å²) in [4.78, 5) is 19.3. The molecule has 5 nitrogen and oxygen atoms in total. The fourth-order valence-corrected chi connectivity index (χ4v) is 3.83.